The van der Waals surface area contributed by atoms with Crippen LogP contribution in [0.3, 0.4) is 0 Å². The van der Waals surface area contributed by atoms with Gasteiger partial charge in [-0.25, -0.2) is 4.79 Å². The fourth-order valence-corrected chi connectivity index (χ4v) is 3.37. The number of nitrogens with one attached hydrogen (secondary N) is 1. The Balaban J connectivity index is 2.34. The minimum atomic E-state index is -0.534. The van der Waals surface area contributed by atoms with Crippen molar-refractivity contribution in [1.29, 1.82) is 0 Å². The first kappa shape index (κ1) is 10.7. The van der Waals surface area contributed by atoms with Crippen LogP contribution >= 0.6 is 23.5 Å². The largest absolute Gasteiger partial charge is 0.433 e. The highest BCUT2D eigenvalue weighted by Crippen LogP contribution is 2.41. The number of carbonyl (C=O) groups excluding carboxylic acids is 1. The first-order chi connectivity index (χ1) is 6.16. The molecule has 1 aliphatic heterocycles. The molecule has 4 nitrogen and oxygen atoms in total. The fraction of sp³-hybridized carbons (Fsp3) is 0.714. The van der Waals surface area contributed by atoms with E-state index >= 15 is 0 Å². The number of rotatable bonds is 2. The van der Waals surface area contributed by atoms with Crippen LogP contribution in [0.5, 0.6) is 0 Å². The van der Waals surface area contributed by atoms with Crippen molar-refractivity contribution in [3.63, 3.8) is 0 Å². The predicted molar refractivity (Wildman–Crippen MR) is 57.4 cm³/mol. The van der Waals surface area contributed by atoms with Gasteiger partial charge in [0.15, 0.2) is 0 Å². The maximum atomic E-state index is 10.6. The molecule has 0 radical (unpaired) electrons. The molecular weight excluding hydrogens is 208 g/mol. The van der Waals surface area contributed by atoms with Gasteiger partial charge in [0.2, 0.25) is 0 Å². The molecule has 13 heavy (non-hydrogen) atoms. The summed E-state index contributed by atoms with van der Waals surface area (Å²) < 4.78 is -0.0337. The molecule has 1 fully saturated rings. The quantitative estimate of drug-likeness (QED) is 0.435. The topological polar surface area (TPSA) is 50.7 Å². The standard InChI is InChI=1S/C7H12N2O2S2/c1-7(12-3-4-13-7)5-9-11-6(10)8-2/h5H,3-4H2,1-2H3,(H,8,10)/b9-5+. The van der Waals surface area contributed by atoms with Gasteiger partial charge in [-0.05, 0) is 6.92 Å². The highest BCUT2D eigenvalue weighted by molar-refractivity contribution is 8.22. The van der Waals surface area contributed by atoms with Crippen molar-refractivity contribution >= 4 is 35.8 Å². The molecule has 1 rings (SSSR count). The third kappa shape index (κ3) is 3.48. The summed E-state index contributed by atoms with van der Waals surface area (Å²) in [5.74, 6) is 2.24. The Morgan fingerprint density at radius 1 is 1.62 bits per heavy atom. The summed E-state index contributed by atoms with van der Waals surface area (Å²) in [6, 6.07) is 0. The fourth-order valence-electron chi connectivity index (χ4n) is 0.820. The molecule has 6 heteroatoms. The minimum absolute atomic E-state index is 0.0337. The highest BCUT2D eigenvalue weighted by Gasteiger charge is 2.28. The Morgan fingerprint density at radius 3 is 2.77 bits per heavy atom. The first-order valence-electron chi connectivity index (χ1n) is 3.87. The summed E-state index contributed by atoms with van der Waals surface area (Å²) >= 11 is 3.61. The number of nitrogens with zero attached hydrogens (tertiary/aromatic N) is 1. The van der Waals surface area contributed by atoms with Gasteiger partial charge in [0.25, 0.3) is 0 Å². The van der Waals surface area contributed by atoms with Crippen molar-refractivity contribution in [2.24, 2.45) is 5.16 Å². The molecule has 0 saturated carbocycles. The smallest absolute Gasteiger partial charge is 0.323 e. The van der Waals surface area contributed by atoms with Gasteiger partial charge >= 0.3 is 6.09 Å². The average Bonchev–Trinajstić information content (AvgIpc) is 2.52. The lowest BCUT2D eigenvalue weighted by molar-refractivity contribution is 0.153. The normalized spacial score (nSPS) is 20.5. The van der Waals surface area contributed by atoms with Gasteiger partial charge in [0.05, 0.1) is 10.3 Å². The van der Waals surface area contributed by atoms with Gasteiger partial charge in [0.1, 0.15) is 0 Å². The van der Waals surface area contributed by atoms with E-state index in [-0.39, 0.29) is 4.08 Å². The number of oxime groups is 1. The van der Waals surface area contributed by atoms with E-state index in [1.54, 1.807) is 29.7 Å². The van der Waals surface area contributed by atoms with Crippen molar-refractivity contribution in [2.45, 2.75) is 11.0 Å². The number of hydrogen-bond acceptors (Lipinski definition) is 5. The summed E-state index contributed by atoms with van der Waals surface area (Å²) in [7, 11) is 1.50. The average molecular weight is 220 g/mol. The lowest BCUT2D eigenvalue weighted by Crippen LogP contribution is -2.18. The van der Waals surface area contributed by atoms with Crippen molar-refractivity contribution in [1.82, 2.24) is 5.32 Å². The monoisotopic (exact) mass is 220 g/mol. The van der Waals surface area contributed by atoms with E-state index in [1.807, 2.05) is 0 Å². The molecular formula is C7H12N2O2S2. The van der Waals surface area contributed by atoms with Gasteiger partial charge in [-0.2, -0.15) is 0 Å². The van der Waals surface area contributed by atoms with Crippen molar-refractivity contribution in [3.8, 4) is 0 Å². The first-order valence-corrected chi connectivity index (χ1v) is 5.84. The van der Waals surface area contributed by atoms with Crippen molar-refractivity contribution in [3.05, 3.63) is 0 Å². The zero-order valence-electron chi connectivity index (χ0n) is 7.57. The lowest BCUT2D eigenvalue weighted by Gasteiger charge is -2.13. The van der Waals surface area contributed by atoms with Crippen LogP contribution in [0.4, 0.5) is 4.79 Å². The Morgan fingerprint density at radius 2 is 2.23 bits per heavy atom. The molecule has 0 aliphatic carbocycles. The van der Waals surface area contributed by atoms with E-state index in [0.29, 0.717) is 0 Å². The van der Waals surface area contributed by atoms with Crippen LogP contribution in [0, 0.1) is 0 Å². The molecule has 1 saturated heterocycles. The van der Waals surface area contributed by atoms with Crippen LogP contribution in [-0.2, 0) is 4.84 Å². The van der Waals surface area contributed by atoms with Gasteiger partial charge in [-0.3, -0.25) is 4.84 Å². The molecule has 0 aromatic carbocycles. The summed E-state index contributed by atoms with van der Waals surface area (Å²) in [6.45, 7) is 2.06. The second-order valence-corrected chi connectivity index (χ2v) is 5.92. The molecule has 1 heterocycles. The van der Waals surface area contributed by atoms with Crippen molar-refractivity contribution in [2.75, 3.05) is 18.6 Å². The van der Waals surface area contributed by atoms with Crippen LogP contribution < -0.4 is 5.32 Å². The number of carbonyl (C=O) groups is 1. The van der Waals surface area contributed by atoms with Crippen molar-refractivity contribution < 1.29 is 9.63 Å². The minimum Gasteiger partial charge on any atom is -0.323 e. The summed E-state index contributed by atoms with van der Waals surface area (Å²) in [6.07, 6.45) is 1.14. The number of hydrogen-bond donors (Lipinski definition) is 1. The summed E-state index contributed by atoms with van der Waals surface area (Å²) in [4.78, 5) is 15.1. The van der Waals surface area contributed by atoms with Gasteiger partial charge in [-0.1, -0.05) is 5.16 Å². The molecule has 74 valence electrons. The van der Waals surface area contributed by atoms with E-state index in [2.05, 4.69) is 22.2 Å². The predicted octanol–water partition coefficient (Wildman–Crippen LogP) is 1.52. The second-order valence-electron chi connectivity index (χ2n) is 2.58. The van der Waals surface area contributed by atoms with Crippen LogP contribution in [0.15, 0.2) is 5.16 Å². The third-order valence-electron chi connectivity index (χ3n) is 1.49. The third-order valence-corrected chi connectivity index (χ3v) is 4.63. The number of thioether (sulfide) groups is 2. The SMILES string of the molecule is CNC(=O)O/N=C/C1(C)SCCS1. The maximum Gasteiger partial charge on any atom is 0.433 e. The highest BCUT2D eigenvalue weighted by atomic mass is 32.2. The van der Waals surface area contributed by atoms with Crippen LogP contribution in [0.1, 0.15) is 6.92 Å². The zero-order chi connectivity index (χ0) is 9.73. The van der Waals surface area contributed by atoms with E-state index < -0.39 is 6.09 Å². The summed E-state index contributed by atoms with van der Waals surface area (Å²) in [5.41, 5.74) is 0. The van der Waals surface area contributed by atoms with Gasteiger partial charge in [0, 0.05) is 18.6 Å². The number of amides is 1. The molecule has 1 amide bonds. The van der Waals surface area contributed by atoms with Crippen LogP contribution in [-0.4, -0.2) is 34.9 Å². The van der Waals surface area contributed by atoms with E-state index in [1.165, 1.54) is 7.05 Å². The lowest BCUT2D eigenvalue weighted by atomic mass is 10.5. The van der Waals surface area contributed by atoms with E-state index in [0.717, 1.165) is 11.5 Å². The van der Waals surface area contributed by atoms with E-state index in [9.17, 15) is 4.79 Å². The molecule has 0 unspecified atom stereocenters. The Kier molecular flexibility index (Phi) is 3.92. The molecule has 1 N–H and O–H groups in total. The molecule has 0 spiro atoms. The Bertz CT molecular complexity index is 215. The Hall–Kier alpha value is -0.360. The van der Waals surface area contributed by atoms with E-state index in [4.69, 9.17) is 0 Å². The van der Waals surface area contributed by atoms with Crippen LogP contribution in [0.2, 0.25) is 0 Å². The van der Waals surface area contributed by atoms with Crippen LogP contribution in [0.25, 0.3) is 0 Å². The molecule has 0 aromatic heterocycles. The zero-order valence-corrected chi connectivity index (χ0v) is 9.20. The molecule has 0 bridgehead atoms. The molecule has 0 atom stereocenters. The summed E-state index contributed by atoms with van der Waals surface area (Å²) in [5, 5.41) is 5.93. The second kappa shape index (κ2) is 4.76. The molecule has 0 aromatic rings. The van der Waals surface area contributed by atoms with Gasteiger partial charge in [-0.15, -0.1) is 23.5 Å². The Labute approximate surface area is 85.8 Å². The van der Waals surface area contributed by atoms with Gasteiger partial charge < -0.3 is 5.32 Å². The molecule has 1 aliphatic rings. The maximum absolute atomic E-state index is 10.6.